The first-order valence-corrected chi connectivity index (χ1v) is 8.51. The Morgan fingerprint density at radius 2 is 2.35 bits per heavy atom. The number of morpholine rings is 1. The number of aromatic nitrogens is 3. The van der Waals surface area contributed by atoms with Crippen LogP contribution in [0.2, 0.25) is 0 Å². The number of nitrogens with zero attached hydrogens (tertiary/aromatic N) is 3. The highest BCUT2D eigenvalue weighted by molar-refractivity contribution is 5.77. The molecular weight excluding hydrogens is 296 g/mol. The fourth-order valence-electron chi connectivity index (χ4n) is 3.35. The van der Waals surface area contributed by atoms with Crippen LogP contribution in [-0.4, -0.2) is 58.4 Å². The molecule has 1 aliphatic heterocycles. The zero-order valence-electron chi connectivity index (χ0n) is 14.0. The molecule has 1 aromatic rings. The number of rotatable bonds is 4. The van der Waals surface area contributed by atoms with Gasteiger partial charge < -0.3 is 14.4 Å². The first-order valence-electron chi connectivity index (χ1n) is 8.51. The number of ether oxygens (including phenoxy) is 2. The lowest BCUT2D eigenvalue weighted by molar-refractivity contribution is -0.147. The third-order valence-corrected chi connectivity index (χ3v) is 4.65. The maximum Gasteiger partial charge on any atom is 0.248 e. The molecule has 0 aromatic carbocycles. The average Bonchev–Trinajstić information content (AvgIpc) is 2.99. The summed E-state index contributed by atoms with van der Waals surface area (Å²) in [6, 6.07) is 0. The van der Waals surface area contributed by atoms with Gasteiger partial charge in [-0.15, -0.1) is 0 Å². The highest BCUT2D eigenvalue weighted by Crippen LogP contribution is 2.26. The van der Waals surface area contributed by atoms with Crippen molar-refractivity contribution < 1.29 is 14.3 Å². The van der Waals surface area contributed by atoms with Crippen LogP contribution in [0.3, 0.4) is 0 Å². The van der Waals surface area contributed by atoms with Gasteiger partial charge in [0.15, 0.2) is 5.82 Å². The Hall–Kier alpha value is -1.47. The van der Waals surface area contributed by atoms with Crippen molar-refractivity contribution in [3.63, 3.8) is 0 Å². The van der Waals surface area contributed by atoms with E-state index in [1.54, 1.807) is 4.90 Å². The van der Waals surface area contributed by atoms with Gasteiger partial charge in [-0.3, -0.25) is 9.89 Å². The minimum absolute atomic E-state index is 0.0313. The van der Waals surface area contributed by atoms with Crippen LogP contribution in [0.25, 0.3) is 0 Å². The standard InChI is InChI=1S/C16H26N4O3/c1-11-4-3-5-13(8-11)23-10-15(21)20-6-7-22-14(9-20)16-17-12(2)18-19-16/h11,13-14H,3-10H2,1-2H3,(H,17,18,19)/t11-,13-,14+/m1/s1. The molecule has 128 valence electrons. The highest BCUT2D eigenvalue weighted by atomic mass is 16.5. The number of amides is 1. The number of H-pyrrole nitrogens is 1. The van der Waals surface area contributed by atoms with E-state index in [0.717, 1.165) is 18.7 Å². The van der Waals surface area contributed by atoms with Crippen LogP contribution in [0.15, 0.2) is 0 Å². The molecule has 0 spiro atoms. The fraction of sp³-hybridized carbons (Fsp3) is 0.812. The van der Waals surface area contributed by atoms with Gasteiger partial charge in [0.25, 0.3) is 0 Å². The molecule has 0 bridgehead atoms. The summed E-state index contributed by atoms with van der Waals surface area (Å²) < 4.78 is 11.5. The third-order valence-electron chi connectivity index (χ3n) is 4.65. The van der Waals surface area contributed by atoms with Crippen molar-refractivity contribution in [1.29, 1.82) is 0 Å². The molecule has 0 radical (unpaired) electrons. The molecule has 1 aromatic heterocycles. The molecule has 3 rings (SSSR count). The molecule has 2 heterocycles. The Balaban J connectivity index is 1.49. The van der Waals surface area contributed by atoms with E-state index in [-0.39, 0.29) is 24.7 Å². The summed E-state index contributed by atoms with van der Waals surface area (Å²) in [4.78, 5) is 18.5. The molecule has 1 saturated heterocycles. The third kappa shape index (κ3) is 4.29. The number of hydrogen-bond acceptors (Lipinski definition) is 5. The minimum Gasteiger partial charge on any atom is -0.368 e. The summed E-state index contributed by atoms with van der Waals surface area (Å²) in [5.74, 6) is 2.10. The smallest absolute Gasteiger partial charge is 0.248 e. The molecular formula is C16H26N4O3. The molecule has 2 fully saturated rings. The average molecular weight is 322 g/mol. The Morgan fingerprint density at radius 1 is 1.48 bits per heavy atom. The monoisotopic (exact) mass is 322 g/mol. The molecule has 0 unspecified atom stereocenters. The zero-order chi connectivity index (χ0) is 16.2. The maximum absolute atomic E-state index is 12.4. The Bertz CT molecular complexity index is 533. The minimum atomic E-state index is -0.257. The SMILES string of the molecule is Cc1nc([C@@H]2CN(C(=O)CO[C@@H]3CCC[C@@H](C)C3)CCO2)n[nH]1. The van der Waals surface area contributed by atoms with Crippen molar-refractivity contribution in [2.24, 2.45) is 5.92 Å². The second-order valence-corrected chi connectivity index (χ2v) is 6.68. The van der Waals surface area contributed by atoms with E-state index in [1.165, 1.54) is 12.8 Å². The van der Waals surface area contributed by atoms with Gasteiger partial charge in [0.2, 0.25) is 5.91 Å². The van der Waals surface area contributed by atoms with Crippen LogP contribution in [0.5, 0.6) is 0 Å². The van der Waals surface area contributed by atoms with Gasteiger partial charge in [-0.2, -0.15) is 5.10 Å². The van der Waals surface area contributed by atoms with Gasteiger partial charge in [-0.1, -0.05) is 19.8 Å². The summed E-state index contributed by atoms with van der Waals surface area (Å²) in [6.45, 7) is 5.86. The van der Waals surface area contributed by atoms with Gasteiger partial charge in [0.1, 0.15) is 18.5 Å². The molecule has 3 atom stereocenters. The zero-order valence-corrected chi connectivity index (χ0v) is 14.0. The lowest BCUT2D eigenvalue weighted by Gasteiger charge is -2.32. The van der Waals surface area contributed by atoms with Gasteiger partial charge in [-0.05, 0) is 25.7 Å². The summed E-state index contributed by atoms with van der Waals surface area (Å²) in [6.07, 6.45) is 4.58. The lowest BCUT2D eigenvalue weighted by Crippen LogP contribution is -2.44. The van der Waals surface area contributed by atoms with E-state index >= 15 is 0 Å². The Kier molecular flexibility index (Phi) is 5.27. The first kappa shape index (κ1) is 16.4. The second kappa shape index (κ2) is 7.40. The number of carbonyl (C=O) groups excluding carboxylic acids is 1. The number of aromatic amines is 1. The fourth-order valence-corrected chi connectivity index (χ4v) is 3.35. The first-order chi connectivity index (χ1) is 11.1. The Labute approximate surface area is 136 Å². The predicted octanol–water partition coefficient (Wildman–Crippen LogP) is 1.61. The normalized spacial score (nSPS) is 28.8. The summed E-state index contributed by atoms with van der Waals surface area (Å²) in [5.41, 5.74) is 0. The summed E-state index contributed by atoms with van der Waals surface area (Å²) in [5, 5.41) is 6.94. The highest BCUT2D eigenvalue weighted by Gasteiger charge is 2.28. The van der Waals surface area contributed by atoms with Crippen molar-refractivity contribution in [3.05, 3.63) is 11.6 Å². The molecule has 1 amide bonds. The molecule has 1 saturated carbocycles. The quantitative estimate of drug-likeness (QED) is 0.911. The maximum atomic E-state index is 12.4. The topological polar surface area (TPSA) is 80.3 Å². The number of nitrogens with one attached hydrogen (secondary N) is 1. The number of hydrogen-bond donors (Lipinski definition) is 1. The van der Waals surface area contributed by atoms with E-state index in [0.29, 0.717) is 31.4 Å². The van der Waals surface area contributed by atoms with Crippen molar-refractivity contribution in [2.75, 3.05) is 26.3 Å². The number of aryl methyl sites for hydroxylation is 1. The molecule has 23 heavy (non-hydrogen) atoms. The van der Waals surface area contributed by atoms with Crippen LogP contribution in [-0.2, 0) is 14.3 Å². The lowest BCUT2D eigenvalue weighted by atomic mass is 9.89. The second-order valence-electron chi connectivity index (χ2n) is 6.68. The van der Waals surface area contributed by atoms with E-state index < -0.39 is 0 Å². The van der Waals surface area contributed by atoms with Crippen molar-refractivity contribution >= 4 is 5.91 Å². The van der Waals surface area contributed by atoms with Gasteiger partial charge in [-0.25, -0.2) is 4.98 Å². The van der Waals surface area contributed by atoms with E-state index in [4.69, 9.17) is 9.47 Å². The largest absolute Gasteiger partial charge is 0.368 e. The van der Waals surface area contributed by atoms with Crippen molar-refractivity contribution in [2.45, 2.75) is 51.7 Å². The van der Waals surface area contributed by atoms with Crippen LogP contribution >= 0.6 is 0 Å². The predicted molar refractivity (Wildman–Crippen MR) is 83.8 cm³/mol. The van der Waals surface area contributed by atoms with Crippen LogP contribution in [0.4, 0.5) is 0 Å². The van der Waals surface area contributed by atoms with Crippen LogP contribution in [0.1, 0.15) is 50.4 Å². The number of carbonyl (C=O) groups is 1. The van der Waals surface area contributed by atoms with Crippen LogP contribution < -0.4 is 0 Å². The van der Waals surface area contributed by atoms with Gasteiger partial charge >= 0.3 is 0 Å². The summed E-state index contributed by atoms with van der Waals surface area (Å²) >= 11 is 0. The summed E-state index contributed by atoms with van der Waals surface area (Å²) in [7, 11) is 0. The van der Waals surface area contributed by atoms with Crippen LogP contribution in [0, 0.1) is 12.8 Å². The van der Waals surface area contributed by atoms with Crippen molar-refractivity contribution in [3.8, 4) is 0 Å². The van der Waals surface area contributed by atoms with Crippen molar-refractivity contribution in [1.82, 2.24) is 20.1 Å². The van der Waals surface area contributed by atoms with E-state index in [1.807, 2.05) is 6.92 Å². The van der Waals surface area contributed by atoms with E-state index in [9.17, 15) is 4.79 Å². The molecule has 2 aliphatic rings. The molecule has 7 nitrogen and oxygen atoms in total. The molecule has 1 aliphatic carbocycles. The van der Waals surface area contributed by atoms with E-state index in [2.05, 4.69) is 22.1 Å². The Morgan fingerprint density at radius 3 is 3.09 bits per heavy atom. The molecule has 7 heteroatoms. The van der Waals surface area contributed by atoms with Gasteiger partial charge in [0.05, 0.1) is 19.3 Å². The van der Waals surface area contributed by atoms with Gasteiger partial charge in [0, 0.05) is 6.54 Å². The molecule has 1 N–H and O–H groups in total.